The van der Waals surface area contributed by atoms with Crippen molar-refractivity contribution in [3.63, 3.8) is 0 Å². The average Bonchev–Trinajstić information content (AvgIpc) is 3.11. The summed E-state index contributed by atoms with van der Waals surface area (Å²) in [5, 5.41) is 11.5. The van der Waals surface area contributed by atoms with Gasteiger partial charge in [-0.1, -0.05) is 17.7 Å². The maximum Gasteiger partial charge on any atom is 0.139 e. The van der Waals surface area contributed by atoms with Crippen molar-refractivity contribution >= 4 is 17.3 Å². The van der Waals surface area contributed by atoms with E-state index in [-0.39, 0.29) is 0 Å². The summed E-state index contributed by atoms with van der Waals surface area (Å²) in [6.07, 6.45) is 2.88. The van der Waals surface area contributed by atoms with E-state index >= 15 is 0 Å². The van der Waals surface area contributed by atoms with Crippen LogP contribution in [0.4, 0.5) is 5.69 Å². The van der Waals surface area contributed by atoms with Gasteiger partial charge in [-0.15, -0.1) is 0 Å². The summed E-state index contributed by atoms with van der Waals surface area (Å²) >= 11 is 6.11. The number of anilines is 1. The quantitative estimate of drug-likeness (QED) is 0.691. The fourth-order valence-corrected chi connectivity index (χ4v) is 3.81. The van der Waals surface area contributed by atoms with Crippen molar-refractivity contribution in [3.8, 4) is 11.4 Å². The Morgan fingerprint density at radius 1 is 1.18 bits per heavy atom. The molecule has 1 aliphatic heterocycles. The van der Waals surface area contributed by atoms with Gasteiger partial charge in [0.05, 0.1) is 5.69 Å². The molecule has 4 rings (SSSR count). The van der Waals surface area contributed by atoms with Crippen LogP contribution in [-0.4, -0.2) is 57.7 Å². The van der Waals surface area contributed by atoms with Crippen LogP contribution in [0.25, 0.3) is 11.4 Å². The van der Waals surface area contributed by atoms with Gasteiger partial charge in [-0.3, -0.25) is 9.88 Å². The molecular weight excluding hydrogens is 374 g/mol. The van der Waals surface area contributed by atoms with Gasteiger partial charge in [0.1, 0.15) is 11.9 Å². The van der Waals surface area contributed by atoms with E-state index in [0.717, 1.165) is 54.0 Å². The molecule has 0 amide bonds. The minimum atomic E-state index is -0.626. The largest absolute Gasteiger partial charge is 0.385 e. The van der Waals surface area contributed by atoms with E-state index in [4.69, 9.17) is 11.6 Å². The highest BCUT2D eigenvalue weighted by Gasteiger charge is 2.23. The smallest absolute Gasteiger partial charge is 0.139 e. The average molecular weight is 398 g/mol. The molecule has 0 radical (unpaired) electrons. The highest BCUT2D eigenvalue weighted by molar-refractivity contribution is 6.30. The second-order valence-electron chi connectivity index (χ2n) is 7.12. The van der Waals surface area contributed by atoms with Gasteiger partial charge in [0.25, 0.3) is 0 Å². The third-order valence-corrected chi connectivity index (χ3v) is 5.38. The van der Waals surface area contributed by atoms with Crippen LogP contribution in [-0.2, 0) is 0 Å². The summed E-state index contributed by atoms with van der Waals surface area (Å²) in [5.41, 5.74) is 3.66. The lowest BCUT2D eigenvalue weighted by molar-refractivity contribution is 0.106. The van der Waals surface area contributed by atoms with Gasteiger partial charge in [-0.05, 0) is 37.3 Å². The van der Waals surface area contributed by atoms with Crippen molar-refractivity contribution in [1.29, 1.82) is 0 Å². The SMILES string of the molecule is Cc1[nH]c(-c2cccnc2)nc1C(O)CN1CCN(c2cccc(Cl)c2)CC1. The molecule has 0 bridgehead atoms. The number of aliphatic hydroxyl groups excluding tert-OH is 1. The second kappa shape index (κ2) is 8.31. The van der Waals surface area contributed by atoms with Crippen LogP contribution in [0.3, 0.4) is 0 Å². The lowest BCUT2D eigenvalue weighted by Crippen LogP contribution is -2.47. The number of hydrogen-bond donors (Lipinski definition) is 2. The molecule has 1 unspecified atom stereocenters. The molecule has 146 valence electrons. The maximum atomic E-state index is 10.8. The van der Waals surface area contributed by atoms with Gasteiger partial charge in [0.15, 0.2) is 0 Å². The van der Waals surface area contributed by atoms with Crippen LogP contribution in [0.5, 0.6) is 0 Å². The van der Waals surface area contributed by atoms with Gasteiger partial charge in [0.2, 0.25) is 0 Å². The lowest BCUT2D eigenvalue weighted by Gasteiger charge is -2.36. The van der Waals surface area contributed by atoms with Crippen molar-refractivity contribution in [2.45, 2.75) is 13.0 Å². The molecule has 2 N–H and O–H groups in total. The lowest BCUT2D eigenvalue weighted by atomic mass is 10.2. The minimum Gasteiger partial charge on any atom is -0.385 e. The molecule has 1 saturated heterocycles. The van der Waals surface area contributed by atoms with Crippen LogP contribution < -0.4 is 4.90 Å². The number of aliphatic hydroxyl groups is 1. The first-order valence-electron chi connectivity index (χ1n) is 9.48. The van der Waals surface area contributed by atoms with E-state index in [1.165, 1.54) is 0 Å². The molecule has 1 aliphatic rings. The zero-order chi connectivity index (χ0) is 19.5. The fourth-order valence-electron chi connectivity index (χ4n) is 3.63. The molecule has 6 nitrogen and oxygen atoms in total. The van der Waals surface area contributed by atoms with Gasteiger partial charge in [0, 0.05) is 67.1 Å². The zero-order valence-corrected chi connectivity index (χ0v) is 16.6. The Kier molecular flexibility index (Phi) is 5.62. The summed E-state index contributed by atoms with van der Waals surface area (Å²) in [4.78, 5) is 16.6. The topological polar surface area (TPSA) is 68.3 Å². The number of nitrogens with zero attached hydrogens (tertiary/aromatic N) is 4. The number of benzene rings is 1. The summed E-state index contributed by atoms with van der Waals surface area (Å²) in [6, 6.07) is 11.8. The fraction of sp³-hybridized carbons (Fsp3) is 0.333. The first-order chi connectivity index (χ1) is 13.6. The van der Waals surface area contributed by atoms with Crippen molar-refractivity contribution in [1.82, 2.24) is 19.9 Å². The first-order valence-corrected chi connectivity index (χ1v) is 9.86. The molecule has 0 spiro atoms. The number of piperazine rings is 1. The number of pyridine rings is 1. The number of hydrogen-bond acceptors (Lipinski definition) is 5. The van der Waals surface area contributed by atoms with Gasteiger partial charge in [-0.2, -0.15) is 0 Å². The number of H-pyrrole nitrogens is 1. The summed E-state index contributed by atoms with van der Waals surface area (Å²) in [6.45, 7) is 6.12. The predicted molar refractivity (Wildman–Crippen MR) is 112 cm³/mol. The third-order valence-electron chi connectivity index (χ3n) is 5.15. The number of halogens is 1. The van der Waals surface area contributed by atoms with E-state index < -0.39 is 6.10 Å². The molecule has 1 aromatic carbocycles. The highest BCUT2D eigenvalue weighted by atomic mass is 35.5. The number of β-amino-alcohol motifs (C(OH)–C–C–N with tert-alkyl or cyclic N) is 1. The van der Waals surface area contributed by atoms with Gasteiger partial charge < -0.3 is 15.0 Å². The molecule has 7 heteroatoms. The number of aromatic amines is 1. The number of aryl methyl sites for hydroxylation is 1. The van der Waals surface area contributed by atoms with Crippen molar-refractivity contribution < 1.29 is 5.11 Å². The third kappa shape index (κ3) is 4.19. The Morgan fingerprint density at radius 3 is 2.71 bits per heavy atom. The molecule has 2 aromatic heterocycles. The molecular formula is C21H24ClN5O. The van der Waals surface area contributed by atoms with E-state index in [2.05, 4.69) is 30.8 Å². The van der Waals surface area contributed by atoms with Crippen molar-refractivity contribution in [2.75, 3.05) is 37.6 Å². The van der Waals surface area contributed by atoms with Crippen LogP contribution in [0.2, 0.25) is 5.02 Å². The minimum absolute atomic E-state index is 0.571. The first kappa shape index (κ1) is 18.9. The van der Waals surface area contributed by atoms with E-state index in [1.807, 2.05) is 37.3 Å². The number of nitrogens with one attached hydrogen (secondary N) is 1. The summed E-state index contributed by atoms with van der Waals surface area (Å²) in [7, 11) is 0. The Hall–Kier alpha value is -2.41. The zero-order valence-electron chi connectivity index (χ0n) is 15.8. The second-order valence-corrected chi connectivity index (χ2v) is 7.56. The monoisotopic (exact) mass is 397 g/mol. The van der Waals surface area contributed by atoms with E-state index in [1.54, 1.807) is 12.4 Å². The summed E-state index contributed by atoms with van der Waals surface area (Å²) in [5.74, 6) is 0.741. The molecule has 3 heterocycles. The van der Waals surface area contributed by atoms with Crippen LogP contribution in [0, 0.1) is 6.92 Å². The Balaban J connectivity index is 1.37. The number of imidazole rings is 1. The highest BCUT2D eigenvalue weighted by Crippen LogP contribution is 2.24. The number of aromatic nitrogens is 3. The van der Waals surface area contributed by atoms with Crippen LogP contribution in [0.1, 0.15) is 17.5 Å². The normalized spacial score (nSPS) is 16.3. The molecule has 3 aromatic rings. The van der Waals surface area contributed by atoms with Gasteiger partial charge in [-0.25, -0.2) is 4.98 Å². The molecule has 1 atom stereocenters. The Bertz CT molecular complexity index is 922. The van der Waals surface area contributed by atoms with Crippen molar-refractivity contribution in [3.05, 3.63) is 65.2 Å². The predicted octanol–water partition coefficient (Wildman–Crippen LogP) is 3.29. The molecule has 0 saturated carbocycles. The molecule has 28 heavy (non-hydrogen) atoms. The van der Waals surface area contributed by atoms with Crippen molar-refractivity contribution in [2.24, 2.45) is 0 Å². The van der Waals surface area contributed by atoms with E-state index in [0.29, 0.717) is 12.2 Å². The van der Waals surface area contributed by atoms with E-state index in [9.17, 15) is 5.11 Å². The van der Waals surface area contributed by atoms with Crippen LogP contribution >= 0.6 is 11.6 Å². The Labute approximate surface area is 169 Å². The number of rotatable bonds is 5. The standard InChI is InChI=1S/C21H24ClN5O/c1-15-20(25-21(24-15)16-4-3-7-23-13-16)19(28)14-26-8-10-27(11-9-26)18-6-2-5-17(22)12-18/h2-7,12-13,19,28H,8-11,14H2,1H3,(H,24,25). The Morgan fingerprint density at radius 2 is 2.00 bits per heavy atom. The molecule has 0 aliphatic carbocycles. The van der Waals surface area contributed by atoms with Gasteiger partial charge >= 0.3 is 0 Å². The van der Waals surface area contributed by atoms with Crippen LogP contribution in [0.15, 0.2) is 48.8 Å². The maximum absolute atomic E-state index is 10.8. The summed E-state index contributed by atoms with van der Waals surface area (Å²) < 4.78 is 0. The molecule has 1 fully saturated rings.